The highest BCUT2D eigenvalue weighted by Gasteiger charge is 2.26. The van der Waals surface area contributed by atoms with Gasteiger partial charge >= 0.3 is 0 Å². The van der Waals surface area contributed by atoms with Gasteiger partial charge in [0.2, 0.25) is 5.91 Å². The molecule has 1 amide bonds. The van der Waals surface area contributed by atoms with Gasteiger partial charge in [0.1, 0.15) is 0 Å². The van der Waals surface area contributed by atoms with Gasteiger partial charge in [-0.25, -0.2) is 0 Å². The third-order valence-corrected chi connectivity index (χ3v) is 5.01. The fraction of sp³-hybridized carbons (Fsp3) is 0.611. The molecule has 1 atom stereocenters. The lowest BCUT2D eigenvalue weighted by Crippen LogP contribution is -2.48. The number of rotatable bonds is 7. The van der Waals surface area contributed by atoms with Crippen molar-refractivity contribution in [3.8, 4) is 0 Å². The summed E-state index contributed by atoms with van der Waals surface area (Å²) in [7, 11) is 2.00. The molecule has 1 saturated heterocycles. The Morgan fingerprint density at radius 3 is 2.57 bits per heavy atom. The summed E-state index contributed by atoms with van der Waals surface area (Å²) in [6.07, 6.45) is 3.62. The van der Waals surface area contributed by atoms with Crippen LogP contribution in [0.5, 0.6) is 0 Å². The number of nitrogens with zero attached hydrogens (tertiary/aromatic N) is 1. The first-order chi connectivity index (χ1) is 11.1. The van der Waals surface area contributed by atoms with E-state index >= 15 is 0 Å². The highest BCUT2D eigenvalue weighted by Crippen LogP contribution is 2.21. The topological polar surface area (TPSA) is 44.4 Å². The number of carbonyl (C=O) groups is 1. The minimum atomic E-state index is -0.0625. The molecule has 0 aromatic heterocycles. The standard InChI is InChI=1S/C18H28ClN3O/c1-14(22-11-8-15(9-12-22)7-10-20-2)18(23)21-13-16-3-5-17(19)6-4-16/h3-6,14-15,20H,7-13H2,1-2H3,(H,21,23). The average Bonchev–Trinajstić information content (AvgIpc) is 2.59. The number of hydrogen-bond acceptors (Lipinski definition) is 3. The van der Waals surface area contributed by atoms with Crippen molar-refractivity contribution >= 4 is 17.5 Å². The van der Waals surface area contributed by atoms with Gasteiger partial charge in [-0.3, -0.25) is 9.69 Å². The first kappa shape index (κ1) is 18.2. The molecule has 0 saturated carbocycles. The van der Waals surface area contributed by atoms with Gasteiger partial charge in [0.15, 0.2) is 0 Å². The van der Waals surface area contributed by atoms with Gasteiger partial charge < -0.3 is 10.6 Å². The van der Waals surface area contributed by atoms with Crippen LogP contribution in [0, 0.1) is 5.92 Å². The van der Waals surface area contributed by atoms with Gasteiger partial charge in [0.05, 0.1) is 6.04 Å². The molecule has 23 heavy (non-hydrogen) atoms. The van der Waals surface area contributed by atoms with Gasteiger partial charge in [-0.15, -0.1) is 0 Å². The zero-order valence-corrected chi connectivity index (χ0v) is 14.9. The molecule has 0 bridgehead atoms. The lowest BCUT2D eigenvalue weighted by atomic mass is 9.93. The Morgan fingerprint density at radius 1 is 1.30 bits per heavy atom. The molecule has 0 spiro atoms. The molecule has 0 aliphatic carbocycles. The molecule has 1 aliphatic rings. The van der Waals surface area contributed by atoms with E-state index in [9.17, 15) is 4.79 Å². The van der Waals surface area contributed by atoms with Crippen LogP contribution in [0.25, 0.3) is 0 Å². The van der Waals surface area contributed by atoms with Crippen LogP contribution in [0.1, 0.15) is 31.7 Å². The smallest absolute Gasteiger partial charge is 0.237 e. The van der Waals surface area contributed by atoms with Crippen LogP contribution < -0.4 is 10.6 Å². The van der Waals surface area contributed by atoms with E-state index in [-0.39, 0.29) is 11.9 Å². The molecular weight excluding hydrogens is 310 g/mol. The maximum Gasteiger partial charge on any atom is 0.237 e. The highest BCUT2D eigenvalue weighted by atomic mass is 35.5. The Labute approximate surface area is 144 Å². The summed E-state index contributed by atoms with van der Waals surface area (Å²) in [5.74, 6) is 0.900. The van der Waals surface area contributed by atoms with Crippen LogP contribution >= 0.6 is 11.6 Å². The van der Waals surface area contributed by atoms with E-state index in [1.165, 1.54) is 19.3 Å². The van der Waals surface area contributed by atoms with Gasteiger partial charge in [-0.05, 0) is 76.5 Å². The zero-order chi connectivity index (χ0) is 16.7. The summed E-state index contributed by atoms with van der Waals surface area (Å²) in [5, 5.41) is 6.96. The summed E-state index contributed by atoms with van der Waals surface area (Å²) in [6, 6.07) is 7.53. The molecular formula is C18H28ClN3O. The Bertz CT molecular complexity index is 484. The summed E-state index contributed by atoms with van der Waals surface area (Å²) in [6.45, 7) is 5.68. The number of halogens is 1. The van der Waals surface area contributed by atoms with Gasteiger partial charge in [0, 0.05) is 11.6 Å². The van der Waals surface area contributed by atoms with Crippen LogP contribution in [-0.4, -0.2) is 43.5 Å². The van der Waals surface area contributed by atoms with E-state index in [0.29, 0.717) is 6.54 Å². The molecule has 1 aromatic carbocycles. The fourth-order valence-electron chi connectivity index (χ4n) is 3.08. The number of amides is 1. The summed E-state index contributed by atoms with van der Waals surface area (Å²) in [4.78, 5) is 14.6. The first-order valence-corrected chi connectivity index (χ1v) is 8.88. The minimum absolute atomic E-state index is 0.0625. The minimum Gasteiger partial charge on any atom is -0.351 e. The molecule has 1 aliphatic heterocycles. The second-order valence-corrected chi connectivity index (χ2v) is 6.83. The largest absolute Gasteiger partial charge is 0.351 e. The molecule has 2 N–H and O–H groups in total. The van der Waals surface area contributed by atoms with Crippen LogP contribution in [0.3, 0.4) is 0 Å². The predicted molar refractivity (Wildman–Crippen MR) is 95.6 cm³/mol. The number of piperidine rings is 1. The second-order valence-electron chi connectivity index (χ2n) is 6.39. The fourth-order valence-corrected chi connectivity index (χ4v) is 3.21. The number of benzene rings is 1. The third-order valence-electron chi connectivity index (χ3n) is 4.76. The van der Waals surface area contributed by atoms with E-state index in [4.69, 9.17) is 11.6 Å². The predicted octanol–water partition coefficient (Wildman–Crippen LogP) is 2.67. The maximum atomic E-state index is 12.3. The Balaban J connectivity index is 1.73. The summed E-state index contributed by atoms with van der Waals surface area (Å²) < 4.78 is 0. The molecule has 4 nitrogen and oxygen atoms in total. The van der Waals surface area contributed by atoms with Crippen molar-refractivity contribution in [3.05, 3.63) is 34.9 Å². The number of hydrogen-bond donors (Lipinski definition) is 2. The van der Waals surface area contributed by atoms with E-state index < -0.39 is 0 Å². The lowest BCUT2D eigenvalue weighted by Gasteiger charge is -2.35. The van der Waals surface area contributed by atoms with Crippen molar-refractivity contribution in [1.82, 2.24) is 15.5 Å². The van der Waals surface area contributed by atoms with Crippen molar-refractivity contribution < 1.29 is 4.79 Å². The molecule has 5 heteroatoms. The van der Waals surface area contributed by atoms with Crippen molar-refractivity contribution in [2.75, 3.05) is 26.7 Å². The monoisotopic (exact) mass is 337 g/mol. The van der Waals surface area contributed by atoms with Crippen molar-refractivity contribution in [1.29, 1.82) is 0 Å². The lowest BCUT2D eigenvalue weighted by molar-refractivity contribution is -0.126. The van der Waals surface area contributed by atoms with Crippen molar-refractivity contribution in [2.45, 2.75) is 38.8 Å². The van der Waals surface area contributed by atoms with E-state index in [1.807, 2.05) is 38.2 Å². The van der Waals surface area contributed by atoms with Crippen LogP contribution in [0.2, 0.25) is 5.02 Å². The Morgan fingerprint density at radius 2 is 1.96 bits per heavy atom. The molecule has 2 rings (SSSR count). The van der Waals surface area contributed by atoms with Crippen molar-refractivity contribution in [2.24, 2.45) is 5.92 Å². The van der Waals surface area contributed by atoms with Crippen LogP contribution in [0.4, 0.5) is 0 Å². The highest BCUT2D eigenvalue weighted by molar-refractivity contribution is 6.30. The third kappa shape index (κ3) is 5.79. The van der Waals surface area contributed by atoms with Gasteiger partial charge in [0.25, 0.3) is 0 Å². The quantitative estimate of drug-likeness (QED) is 0.804. The van der Waals surface area contributed by atoms with E-state index in [0.717, 1.165) is 36.1 Å². The van der Waals surface area contributed by atoms with Crippen molar-refractivity contribution in [3.63, 3.8) is 0 Å². The van der Waals surface area contributed by atoms with Gasteiger partial charge in [-0.2, -0.15) is 0 Å². The number of likely N-dealkylation sites (tertiary alicyclic amines) is 1. The molecule has 1 aromatic rings. The summed E-state index contributed by atoms with van der Waals surface area (Å²) >= 11 is 5.87. The maximum absolute atomic E-state index is 12.3. The molecule has 128 valence electrons. The van der Waals surface area contributed by atoms with E-state index in [2.05, 4.69) is 15.5 Å². The average molecular weight is 338 g/mol. The molecule has 1 heterocycles. The first-order valence-electron chi connectivity index (χ1n) is 8.51. The number of nitrogens with one attached hydrogen (secondary N) is 2. The Kier molecular flexibility index (Phi) is 7.34. The van der Waals surface area contributed by atoms with Crippen LogP contribution in [-0.2, 0) is 11.3 Å². The SMILES string of the molecule is CNCCC1CCN(C(C)C(=O)NCc2ccc(Cl)cc2)CC1. The molecule has 1 fully saturated rings. The zero-order valence-electron chi connectivity index (χ0n) is 14.1. The second kappa shape index (κ2) is 9.26. The number of carbonyl (C=O) groups excluding carboxylic acids is 1. The molecule has 1 unspecified atom stereocenters. The Hall–Kier alpha value is -1.10. The molecule has 0 radical (unpaired) electrons. The normalized spacial score (nSPS) is 17.9. The van der Waals surface area contributed by atoms with Crippen LogP contribution in [0.15, 0.2) is 24.3 Å². The van der Waals surface area contributed by atoms with Gasteiger partial charge in [-0.1, -0.05) is 23.7 Å². The van der Waals surface area contributed by atoms with E-state index in [1.54, 1.807) is 0 Å². The summed E-state index contributed by atoms with van der Waals surface area (Å²) in [5.41, 5.74) is 1.07.